The number of esters is 1. The molecular formula is C12H16BrNO5S. The number of carbonyl (C=O) groups is 1. The highest BCUT2D eigenvalue weighted by atomic mass is 79.9. The SMILES string of the molecule is CCCOCCOC(=O)c1ccc(Br)c(S(N)(=O)=O)c1. The summed E-state index contributed by atoms with van der Waals surface area (Å²) in [5.74, 6) is -0.623. The number of hydrogen-bond donors (Lipinski definition) is 1. The summed E-state index contributed by atoms with van der Waals surface area (Å²) in [6, 6.07) is 4.06. The predicted octanol–water partition coefficient (Wildman–Crippen LogP) is 1.68. The molecular weight excluding hydrogens is 350 g/mol. The Kier molecular flexibility index (Phi) is 6.60. The van der Waals surface area contributed by atoms with Crippen molar-refractivity contribution >= 4 is 31.9 Å². The molecule has 8 heteroatoms. The van der Waals surface area contributed by atoms with Crippen molar-refractivity contribution in [1.29, 1.82) is 0 Å². The van der Waals surface area contributed by atoms with E-state index in [2.05, 4.69) is 15.9 Å². The highest BCUT2D eigenvalue weighted by Gasteiger charge is 2.16. The van der Waals surface area contributed by atoms with Gasteiger partial charge in [-0.1, -0.05) is 6.92 Å². The van der Waals surface area contributed by atoms with Crippen LogP contribution >= 0.6 is 15.9 Å². The van der Waals surface area contributed by atoms with Crippen LogP contribution in [-0.2, 0) is 19.5 Å². The van der Waals surface area contributed by atoms with Gasteiger partial charge >= 0.3 is 5.97 Å². The quantitative estimate of drug-likeness (QED) is 0.585. The Hall–Kier alpha value is -0.960. The minimum Gasteiger partial charge on any atom is -0.460 e. The second-order valence-electron chi connectivity index (χ2n) is 3.94. The Labute approximate surface area is 126 Å². The van der Waals surface area contributed by atoms with Crippen LogP contribution in [0.2, 0.25) is 0 Å². The van der Waals surface area contributed by atoms with Gasteiger partial charge in [0, 0.05) is 11.1 Å². The number of rotatable bonds is 7. The van der Waals surface area contributed by atoms with Crippen molar-refractivity contribution in [2.45, 2.75) is 18.2 Å². The van der Waals surface area contributed by atoms with Crippen molar-refractivity contribution in [2.75, 3.05) is 19.8 Å². The van der Waals surface area contributed by atoms with Crippen LogP contribution in [0.5, 0.6) is 0 Å². The first-order valence-electron chi connectivity index (χ1n) is 5.93. The first-order chi connectivity index (χ1) is 9.36. The summed E-state index contributed by atoms with van der Waals surface area (Å²) in [7, 11) is -3.90. The summed E-state index contributed by atoms with van der Waals surface area (Å²) < 4.78 is 33.1. The van der Waals surface area contributed by atoms with Gasteiger partial charge in [0.1, 0.15) is 6.61 Å². The molecule has 0 saturated heterocycles. The average Bonchev–Trinajstić information content (AvgIpc) is 2.37. The van der Waals surface area contributed by atoms with E-state index in [0.29, 0.717) is 17.7 Å². The Balaban J connectivity index is 2.70. The smallest absolute Gasteiger partial charge is 0.338 e. The monoisotopic (exact) mass is 365 g/mol. The van der Waals surface area contributed by atoms with Gasteiger partial charge in [-0.3, -0.25) is 0 Å². The minimum atomic E-state index is -3.90. The van der Waals surface area contributed by atoms with E-state index in [1.54, 1.807) is 0 Å². The van der Waals surface area contributed by atoms with Gasteiger partial charge in [0.15, 0.2) is 0 Å². The molecule has 1 aromatic carbocycles. The van der Waals surface area contributed by atoms with Gasteiger partial charge in [-0.2, -0.15) is 0 Å². The highest BCUT2D eigenvalue weighted by Crippen LogP contribution is 2.22. The van der Waals surface area contributed by atoms with Crippen LogP contribution in [-0.4, -0.2) is 34.2 Å². The molecule has 0 aromatic heterocycles. The molecule has 0 saturated carbocycles. The predicted molar refractivity (Wildman–Crippen MR) is 76.9 cm³/mol. The summed E-state index contributed by atoms with van der Waals surface area (Å²) in [5.41, 5.74) is 0.118. The lowest BCUT2D eigenvalue weighted by Crippen LogP contribution is -2.15. The molecule has 0 radical (unpaired) electrons. The first kappa shape index (κ1) is 17.1. The lowest BCUT2D eigenvalue weighted by atomic mass is 10.2. The Morgan fingerprint density at radius 2 is 2.00 bits per heavy atom. The van der Waals surface area contributed by atoms with Crippen LogP contribution in [0.1, 0.15) is 23.7 Å². The zero-order valence-electron chi connectivity index (χ0n) is 11.0. The molecule has 1 aromatic rings. The van der Waals surface area contributed by atoms with Gasteiger partial charge < -0.3 is 9.47 Å². The molecule has 2 N–H and O–H groups in total. The Morgan fingerprint density at radius 1 is 1.30 bits per heavy atom. The van der Waals surface area contributed by atoms with E-state index < -0.39 is 16.0 Å². The third-order valence-corrected chi connectivity index (χ3v) is 4.19. The van der Waals surface area contributed by atoms with Crippen molar-refractivity contribution < 1.29 is 22.7 Å². The number of sulfonamides is 1. The number of benzene rings is 1. The number of halogens is 1. The van der Waals surface area contributed by atoms with Gasteiger partial charge in [0.25, 0.3) is 0 Å². The second-order valence-corrected chi connectivity index (χ2v) is 6.32. The molecule has 0 unspecified atom stereocenters. The molecule has 0 bridgehead atoms. The molecule has 0 aliphatic rings. The second kappa shape index (κ2) is 7.72. The zero-order chi connectivity index (χ0) is 15.2. The van der Waals surface area contributed by atoms with E-state index in [9.17, 15) is 13.2 Å². The lowest BCUT2D eigenvalue weighted by Gasteiger charge is -2.07. The maximum absolute atomic E-state index is 11.7. The van der Waals surface area contributed by atoms with Gasteiger partial charge in [-0.25, -0.2) is 18.4 Å². The van der Waals surface area contributed by atoms with Gasteiger partial charge in [0.05, 0.1) is 17.1 Å². The molecule has 0 fully saturated rings. The van der Waals surface area contributed by atoms with Crippen LogP contribution in [0.15, 0.2) is 27.6 Å². The van der Waals surface area contributed by atoms with Crippen LogP contribution in [0, 0.1) is 0 Å². The third kappa shape index (κ3) is 5.20. The minimum absolute atomic E-state index is 0.111. The first-order valence-corrected chi connectivity index (χ1v) is 8.27. The summed E-state index contributed by atoms with van der Waals surface area (Å²) in [4.78, 5) is 11.6. The van der Waals surface area contributed by atoms with Crippen molar-refractivity contribution in [3.05, 3.63) is 28.2 Å². The maximum atomic E-state index is 11.7. The van der Waals surface area contributed by atoms with Crippen molar-refractivity contribution in [3.8, 4) is 0 Å². The van der Waals surface area contributed by atoms with Crippen molar-refractivity contribution in [1.82, 2.24) is 0 Å². The largest absolute Gasteiger partial charge is 0.460 e. The summed E-state index contributed by atoms with van der Waals surface area (Å²) in [6.07, 6.45) is 0.887. The maximum Gasteiger partial charge on any atom is 0.338 e. The normalized spacial score (nSPS) is 11.3. The van der Waals surface area contributed by atoms with E-state index in [-0.39, 0.29) is 17.1 Å². The van der Waals surface area contributed by atoms with E-state index in [1.165, 1.54) is 18.2 Å². The molecule has 1 rings (SSSR count). The zero-order valence-corrected chi connectivity index (χ0v) is 13.4. The van der Waals surface area contributed by atoms with Crippen molar-refractivity contribution in [2.24, 2.45) is 5.14 Å². The van der Waals surface area contributed by atoms with E-state index in [4.69, 9.17) is 14.6 Å². The molecule has 6 nitrogen and oxygen atoms in total. The standard InChI is InChI=1S/C12H16BrNO5S/c1-2-5-18-6-7-19-12(15)9-3-4-10(13)11(8-9)20(14,16)17/h3-4,8H,2,5-7H2,1H3,(H2,14,16,17). The molecule has 0 heterocycles. The molecule has 112 valence electrons. The summed E-state index contributed by atoms with van der Waals surface area (Å²) >= 11 is 3.07. The number of primary sulfonamides is 1. The van der Waals surface area contributed by atoms with Crippen LogP contribution in [0.3, 0.4) is 0 Å². The van der Waals surface area contributed by atoms with Crippen LogP contribution in [0.25, 0.3) is 0 Å². The van der Waals surface area contributed by atoms with Crippen LogP contribution < -0.4 is 5.14 Å². The number of carbonyl (C=O) groups excluding carboxylic acids is 1. The van der Waals surface area contributed by atoms with E-state index in [0.717, 1.165) is 6.42 Å². The highest BCUT2D eigenvalue weighted by molar-refractivity contribution is 9.10. The summed E-state index contributed by atoms with van der Waals surface area (Å²) in [5, 5.41) is 5.05. The van der Waals surface area contributed by atoms with Gasteiger partial charge in [0.2, 0.25) is 10.0 Å². The fourth-order valence-corrected chi connectivity index (χ4v) is 2.93. The Morgan fingerprint density at radius 3 is 2.60 bits per heavy atom. The number of hydrogen-bond acceptors (Lipinski definition) is 5. The van der Waals surface area contributed by atoms with E-state index >= 15 is 0 Å². The molecule has 0 aliphatic heterocycles. The van der Waals surface area contributed by atoms with Crippen molar-refractivity contribution in [3.63, 3.8) is 0 Å². The topological polar surface area (TPSA) is 95.7 Å². The van der Waals surface area contributed by atoms with E-state index in [1.807, 2.05) is 6.92 Å². The van der Waals surface area contributed by atoms with Crippen LogP contribution in [0.4, 0.5) is 0 Å². The van der Waals surface area contributed by atoms with Gasteiger partial charge in [-0.05, 0) is 40.5 Å². The molecule has 20 heavy (non-hydrogen) atoms. The number of ether oxygens (including phenoxy) is 2. The summed E-state index contributed by atoms with van der Waals surface area (Å²) in [6.45, 7) is 2.99. The van der Waals surface area contributed by atoms with Gasteiger partial charge in [-0.15, -0.1) is 0 Å². The molecule has 0 amide bonds. The number of nitrogens with two attached hydrogens (primary N) is 1. The molecule has 0 aliphatic carbocycles. The molecule has 0 atom stereocenters. The third-order valence-electron chi connectivity index (χ3n) is 2.28. The fourth-order valence-electron chi connectivity index (χ4n) is 1.37. The Bertz CT molecular complexity index is 573. The lowest BCUT2D eigenvalue weighted by molar-refractivity contribution is 0.0318. The fraction of sp³-hybridized carbons (Fsp3) is 0.417. The average molecular weight is 366 g/mol. The molecule has 0 spiro atoms.